The van der Waals surface area contributed by atoms with Gasteiger partial charge in [0.25, 0.3) is 0 Å². The summed E-state index contributed by atoms with van der Waals surface area (Å²) in [5, 5.41) is 0. The minimum Gasteiger partial charge on any atom is -0.322 e. The molecule has 106 valence electrons. The Kier molecular flexibility index (Phi) is 4.43. The average Bonchev–Trinajstić information content (AvgIpc) is 2.32. The Hall–Kier alpha value is -0.710. The first-order valence-electron chi connectivity index (χ1n) is 6.48. The zero-order valence-corrected chi connectivity index (χ0v) is 12.0. The van der Waals surface area contributed by atoms with Crippen LogP contribution in [0, 0.1) is 0 Å². The van der Waals surface area contributed by atoms with Crippen molar-refractivity contribution in [2.75, 3.05) is 20.1 Å². The fourth-order valence-corrected chi connectivity index (χ4v) is 3.25. The molecule has 6 heteroatoms. The lowest BCUT2D eigenvalue weighted by atomic mass is 10.0. The molecule has 0 spiro atoms. The molecule has 2 N–H and O–H groups in total. The Balaban J connectivity index is 1.89. The highest BCUT2D eigenvalue weighted by molar-refractivity contribution is 7.46. The maximum atomic E-state index is 10.8. The van der Waals surface area contributed by atoms with Crippen LogP contribution in [0.2, 0.25) is 0 Å². The molecule has 0 bridgehead atoms. The summed E-state index contributed by atoms with van der Waals surface area (Å²) in [4.78, 5) is 17.6. The van der Waals surface area contributed by atoms with Crippen molar-refractivity contribution in [1.82, 2.24) is 0 Å². The van der Waals surface area contributed by atoms with Gasteiger partial charge in [-0.2, -0.15) is 0 Å². The topological polar surface area (TPSA) is 66.8 Å². The van der Waals surface area contributed by atoms with Crippen molar-refractivity contribution in [3.63, 3.8) is 0 Å². The van der Waals surface area contributed by atoms with E-state index >= 15 is 0 Å². The van der Waals surface area contributed by atoms with E-state index in [0.29, 0.717) is 12.8 Å². The Bertz CT molecular complexity index is 451. The quantitative estimate of drug-likeness (QED) is 0.655. The van der Waals surface area contributed by atoms with Crippen LogP contribution in [-0.2, 0) is 15.6 Å². The first-order chi connectivity index (χ1) is 8.86. The standard InChI is InChI=1S/C13H20NO4P/c1-14(11-12-5-3-2-4-6-12)9-7-13(8-10-14)18-19(15,16)17/h2-6,13H,7-11H2,1H3,(H-,15,16,17)/p+1. The van der Waals surface area contributed by atoms with E-state index in [4.69, 9.17) is 14.3 Å². The van der Waals surface area contributed by atoms with Crippen molar-refractivity contribution in [2.45, 2.75) is 25.5 Å². The van der Waals surface area contributed by atoms with Crippen LogP contribution in [-0.4, -0.2) is 40.5 Å². The summed E-state index contributed by atoms with van der Waals surface area (Å²) in [6, 6.07) is 10.3. The summed E-state index contributed by atoms with van der Waals surface area (Å²) in [6.07, 6.45) is 1.06. The smallest absolute Gasteiger partial charge is 0.322 e. The molecule has 0 amide bonds. The van der Waals surface area contributed by atoms with Crippen molar-refractivity contribution in [3.8, 4) is 0 Å². The number of piperidine rings is 1. The minimum atomic E-state index is -4.35. The first kappa shape index (κ1) is 14.7. The molecule has 5 nitrogen and oxygen atoms in total. The largest absolute Gasteiger partial charge is 0.469 e. The maximum Gasteiger partial charge on any atom is 0.469 e. The number of likely N-dealkylation sites (tertiary alicyclic amines) is 1. The lowest BCUT2D eigenvalue weighted by Crippen LogP contribution is -2.50. The Morgan fingerprint density at radius 1 is 1.26 bits per heavy atom. The Morgan fingerprint density at radius 3 is 2.37 bits per heavy atom. The zero-order valence-electron chi connectivity index (χ0n) is 11.1. The second-order valence-corrected chi connectivity index (χ2v) is 6.70. The Labute approximate surface area is 113 Å². The predicted octanol–water partition coefficient (Wildman–Crippen LogP) is 1.90. The third kappa shape index (κ3) is 4.71. The molecular formula is C13H21NO4P+. The predicted molar refractivity (Wildman–Crippen MR) is 72.2 cm³/mol. The van der Waals surface area contributed by atoms with Crippen molar-refractivity contribution < 1.29 is 23.4 Å². The molecule has 1 aliphatic rings. The van der Waals surface area contributed by atoms with E-state index in [9.17, 15) is 4.57 Å². The monoisotopic (exact) mass is 286 g/mol. The van der Waals surface area contributed by atoms with E-state index in [0.717, 1.165) is 24.1 Å². The van der Waals surface area contributed by atoms with E-state index < -0.39 is 7.82 Å². The molecule has 0 aromatic heterocycles. The van der Waals surface area contributed by atoms with Crippen LogP contribution in [0.5, 0.6) is 0 Å². The van der Waals surface area contributed by atoms with E-state index in [1.54, 1.807) is 0 Å². The number of benzene rings is 1. The maximum absolute atomic E-state index is 10.8. The fraction of sp³-hybridized carbons (Fsp3) is 0.538. The molecular weight excluding hydrogens is 265 g/mol. The van der Waals surface area contributed by atoms with Crippen LogP contribution < -0.4 is 0 Å². The van der Waals surface area contributed by atoms with Gasteiger partial charge in [0.05, 0.1) is 26.2 Å². The lowest BCUT2D eigenvalue weighted by molar-refractivity contribution is -0.927. The molecule has 0 unspecified atom stereocenters. The van der Waals surface area contributed by atoms with Gasteiger partial charge in [0, 0.05) is 18.4 Å². The fourth-order valence-electron chi connectivity index (χ4n) is 2.65. The molecule has 19 heavy (non-hydrogen) atoms. The van der Waals surface area contributed by atoms with E-state index in [2.05, 4.69) is 19.2 Å². The van der Waals surface area contributed by atoms with Crippen LogP contribution in [0.25, 0.3) is 0 Å². The second kappa shape index (κ2) is 5.73. The van der Waals surface area contributed by atoms with Gasteiger partial charge in [0.15, 0.2) is 0 Å². The van der Waals surface area contributed by atoms with Gasteiger partial charge in [-0.05, 0) is 0 Å². The average molecular weight is 286 g/mol. The summed E-state index contributed by atoms with van der Waals surface area (Å²) < 4.78 is 16.5. The van der Waals surface area contributed by atoms with Crippen molar-refractivity contribution in [2.24, 2.45) is 0 Å². The molecule has 1 aromatic rings. The number of phosphoric ester groups is 1. The van der Waals surface area contributed by atoms with E-state index in [-0.39, 0.29) is 6.10 Å². The van der Waals surface area contributed by atoms with Crippen LogP contribution >= 0.6 is 7.82 Å². The number of quaternary nitrogens is 1. The molecule has 0 saturated carbocycles. The number of rotatable bonds is 4. The third-order valence-electron chi connectivity index (χ3n) is 3.68. The van der Waals surface area contributed by atoms with Crippen LogP contribution in [0.1, 0.15) is 18.4 Å². The highest BCUT2D eigenvalue weighted by atomic mass is 31.2. The van der Waals surface area contributed by atoms with Crippen molar-refractivity contribution in [1.29, 1.82) is 0 Å². The van der Waals surface area contributed by atoms with Gasteiger partial charge in [0.1, 0.15) is 6.54 Å². The summed E-state index contributed by atoms with van der Waals surface area (Å²) >= 11 is 0. The minimum absolute atomic E-state index is 0.317. The van der Waals surface area contributed by atoms with Crippen molar-refractivity contribution in [3.05, 3.63) is 35.9 Å². The molecule has 1 aliphatic heterocycles. The molecule has 1 heterocycles. The number of nitrogens with zero attached hydrogens (tertiary/aromatic N) is 1. The molecule has 2 rings (SSSR count). The second-order valence-electron chi connectivity index (χ2n) is 5.51. The molecule has 0 atom stereocenters. The number of hydrogen-bond donors (Lipinski definition) is 2. The summed E-state index contributed by atoms with van der Waals surface area (Å²) in [7, 11) is -2.17. The van der Waals surface area contributed by atoms with Gasteiger partial charge >= 0.3 is 7.82 Å². The van der Waals surface area contributed by atoms with E-state index in [1.807, 2.05) is 18.2 Å². The summed E-state index contributed by atoms with van der Waals surface area (Å²) in [6.45, 7) is 2.70. The van der Waals surface area contributed by atoms with Gasteiger partial charge in [0.2, 0.25) is 0 Å². The van der Waals surface area contributed by atoms with Crippen LogP contribution in [0.15, 0.2) is 30.3 Å². The summed E-state index contributed by atoms with van der Waals surface area (Å²) in [5.41, 5.74) is 1.29. The molecule has 1 aromatic carbocycles. The number of phosphoric acid groups is 1. The van der Waals surface area contributed by atoms with Gasteiger partial charge in [-0.25, -0.2) is 4.57 Å². The number of hydrogen-bond acceptors (Lipinski definition) is 2. The Morgan fingerprint density at radius 2 is 1.84 bits per heavy atom. The lowest BCUT2D eigenvalue weighted by Gasteiger charge is -2.40. The molecule has 1 saturated heterocycles. The SMILES string of the molecule is C[N+]1(Cc2ccccc2)CCC(OP(=O)(O)O)CC1. The van der Waals surface area contributed by atoms with Crippen molar-refractivity contribution >= 4 is 7.82 Å². The molecule has 0 aliphatic carbocycles. The van der Waals surface area contributed by atoms with Gasteiger partial charge < -0.3 is 14.3 Å². The highest BCUT2D eigenvalue weighted by Crippen LogP contribution is 2.40. The first-order valence-corrected chi connectivity index (χ1v) is 8.01. The van der Waals surface area contributed by atoms with Crippen LogP contribution in [0.3, 0.4) is 0 Å². The van der Waals surface area contributed by atoms with Crippen LogP contribution in [0.4, 0.5) is 0 Å². The molecule has 1 fully saturated rings. The third-order valence-corrected chi connectivity index (χ3v) is 4.25. The highest BCUT2D eigenvalue weighted by Gasteiger charge is 2.33. The van der Waals surface area contributed by atoms with E-state index in [1.165, 1.54) is 5.56 Å². The zero-order chi connectivity index (χ0) is 13.9. The van der Waals surface area contributed by atoms with Gasteiger partial charge in [-0.15, -0.1) is 0 Å². The summed E-state index contributed by atoms with van der Waals surface area (Å²) in [5.74, 6) is 0. The molecule has 0 radical (unpaired) electrons. The van der Waals surface area contributed by atoms with Gasteiger partial charge in [-0.3, -0.25) is 4.52 Å². The normalized spacial score (nSPS) is 28.3. The van der Waals surface area contributed by atoms with Gasteiger partial charge in [-0.1, -0.05) is 30.3 Å².